The van der Waals surface area contributed by atoms with Crippen LogP contribution in [0, 0.1) is 5.92 Å². The van der Waals surface area contributed by atoms with Crippen LogP contribution in [0.5, 0.6) is 0 Å². The summed E-state index contributed by atoms with van der Waals surface area (Å²) in [6.45, 7) is 1.59. The highest BCUT2D eigenvalue weighted by Gasteiger charge is 2.24. The fraction of sp³-hybridized carbons (Fsp3) is 0.400. The quantitative estimate of drug-likeness (QED) is 0.840. The van der Waals surface area contributed by atoms with Gasteiger partial charge in [-0.25, -0.2) is 4.79 Å². The highest BCUT2D eigenvalue weighted by atomic mass is 16.5. The van der Waals surface area contributed by atoms with E-state index in [1.165, 1.54) is 7.11 Å². The van der Waals surface area contributed by atoms with Crippen LogP contribution in [0.15, 0.2) is 36.7 Å². The summed E-state index contributed by atoms with van der Waals surface area (Å²) in [6.07, 6.45) is 5.96. The summed E-state index contributed by atoms with van der Waals surface area (Å²) in [6, 6.07) is 6.69. The average molecular weight is 369 g/mol. The first-order valence-electron chi connectivity index (χ1n) is 8.99. The number of methoxy groups -OCH3 is 1. The molecule has 0 saturated carbocycles. The highest BCUT2D eigenvalue weighted by molar-refractivity contribution is 5.88. The van der Waals surface area contributed by atoms with E-state index >= 15 is 0 Å². The molecule has 0 radical (unpaired) electrons. The van der Waals surface area contributed by atoms with E-state index in [1.54, 1.807) is 36.7 Å². The Hall–Kier alpha value is -2.80. The third-order valence-corrected chi connectivity index (χ3v) is 4.90. The molecule has 1 fully saturated rings. The maximum atomic E-state index is 11.9. The molecule has 0 atom stereocenters. The maximum absolute atomic E-state index is 11.9. The molecule has 1 aliphatic heterocycles. The molecule has 1 aromatic heterocycles. The third-order valence-electron chi connectivity index (χ3n) is 4.90. The number of nitrogens with zero attached hydrogens (tertiary/aromatic N) is 3. The van der Waals surface area contributed by atoms with E-state index in [-0.39, 0.29) is 18.1 Å². The van der Waals surface area contributed by atoms with Crippen molar-refractivity contribution in [2.75, 3.05) is 26.8 Å². The van der Waals surface area contributed by atoms with Crippen molar-refractivity contribution >= 4 is 11.9 Å². The van der Waals surface area contributed by atoms with Gasteiger partial charge in [0.25, 0.3) is 0 Å². The number of hydrogen-bond acceptors (Lipinski definition) is 5. The molecule has 0 bridgehead atoms. The molecule has 0 aliphatic carbocycles. The van der Waals surface area contributed by atoms with Gasteiger partial charge < -0.3 is 14.7 Å². The Balaban J connectivity index is 1.68. The van der Waals surface area contributed by atoms with E-state index in [0.29, 0.717) is 5.92 Å². The topological polar surface area (TPSA) is 92.6 Å². The summed E-state index contributed by atoms with van der Waals surface area (Å²) in [5.41, 5.74) is 2.79. The minimum atomic E-state index is -0.948. The van der Waals surface area contributed by atoms with Crippen molar-refractivity contribution in [3.8, 4) is 11.3 Å². The lowest BCUT2D eigenvalue weighted by atomic mass is 9.90. The normalized spacial score (nSPS) is 14.9. The van der Waals surface area contributed by atoms with E-state index in [2.05, 4.69) is 9.97 Å². The molecular formula is C20H23N3O4. The van der Waals surface area contributed by atoms with Crippen molar-refractivity contribution in [2.45, 2.75) is 19.3 Å². The van der Waals surface area contributed by atoms with Gasteiger partial charge in [0, 0.05) is 38.2 Å². The molecule has 0 unspecified atom stereocenters. The Morgan fingerprint density at radius 3 is 2.44 bits per heavy atom. The number of ether oxygens (including phenoxy) is 1. The molecule has 1 saturated heterocycles. The number of piperidine rings is 1. The van der Waals surface area contributed by atoms with Crippen LogP contribution in [-0.2, 0) is 16.0 Å². The first-order chi connectivity index (χ1) is 13.1. The molecule has 7 nitrogen and oxygen atoms in total. The van der Waals surface area contributed by atoms with Gasteiger partial charge in [0.15, 0.2) is 0 Å². The number of carbonyl (C=O) groups is 2. The van der Waals surface area contributed by atoms with Gasteiger partial charge in [0.05, 0.1) is 17.0 Å². The number of carbonyl (C=O) groups excluding carboxylic acids is 1. The van der Waals surface area contributed by atoms with Crippen LogP contribution < -0.4 is 0 Å². The lowest BCUT2D eigenvalue weighted by molar-refractivity contribution is -0.136. The molecular weight excluding hydrogens is 346 g/mol. The molecule has 1 N–H and O–H groups in total. The number of carboxylic acids is 1. The monoisotopic (exact) mass is 369 g/mol. The van der Waals surface area contributed by atoms with Crippen LogP contribution >= 0.6 is 0 Å². The van der Waals surface area contributed by atoms with Crippen molar-refractivity contribution in [2.24, 2.45) is 5.92 Å². The van der Waals surface area contributed by atoms with Crippen LogP contribution in [-0.4, -0.2) is 58.7 Å². The van der Waals surface area contributed by atoms with Crippen LogP contribution in [0.3, 0.4) is 0 Å². The van der Waals surface area contributed by atoms with Crippen LogP contribution in [0.25, 0.3) is 11.3 Å². The number of rotatable bonds is 6. The number of hydrogen-bond donors (Lipinski definition) is 1. The van der Waals surface area contributed by atoms with E-state index < -0.39 is 5.97 Å². The minimum absolute atomic E-state index is 0.0367. The summed E-state index contributed by atoms with van der Waals surface area (Å²) in [4.78, 5) is 33.8. The molecule has 3 rings (SSSR count). The van der Waals surface area contributed by atoms with E-state index in [4.69, 9.17) is 9.84 Å². The Kier molecular flexibility index (Phi) is 6.13. The Bertz CT molecular complexity index is 799. The standard InChI is InChI=1S/C20H23N3O4/c1-27-13-18(24)23-10-6-14(7-11-23)12-17-19(22-9-8-21-17)15-2-4-16(5-3-15)20(25)26/h2-5,8-9,14H,6-7,10-13H2,1H3,(H,25,26). The van der Waals surface area contributed by atoms with Crippen LogP contribution in [0.1, 0.15) is 28.9 Å². The first-order valence-corrected chi connectivity index (χ1v) is 8.99. The van der Waals surface area contributed by atoms with Gasteiger partial charge in [-0.05, 0) is 37.3 Å². The summed E-state index contributed by atoms with van der Waals surface area (Å²) in [7, 11) is 1.53. The second-order valence-corrected chi connectivity index (χ2v) is 6.70. The van der Waals surface area contributed by atoms with Gasteiger partial charge in [0.1, 0.15) is 6.61 Å². The van der Waals surface area contributed by atoms with Gasteiger partial charge in [-0.3, -0.25) is 14.8 Å². The molecule has 1 amide bonds. The van der Waals surface area contributed by atoms with Crippen molar-refractivity contribution in [1.29, 1.82) is 0 Å². The van der Waals surface area contributed by atoms with Gasteiger partial charge >= 0.3 is 5.97 Å². The lowest BCUT2D eigenvalue weighted by Gasteiger charge is -2.32. The second-order valence-electron chi connectivity index (χ2n) is 6.70. The number of carboxylic acid groups (broad SMARTS) is 1. The first kappa shape index (κ1) is 19.0. The molecule has 1 aliphatic rings. The predicted molar refractivity (Wildman–Crippen MR) is 99.3 cm³/mol. The molecule has 0 spiro atoms. The Morgan fingerprint density at radius 2 is 1.81 bits per heavy atom. The summed E-state index contributed by atoms with van der Waals surface area (Å²) >= 11 is 0. The Morgan fingerprint density at radius 1 is 1.15 bits per heavy atom. The SMILES string of the molecule is COCC(=O)N1CCC(Cc2nccnc2-c2ccc(C(=O)O)cc2)CC1. The molecule has 2 aromatic rings. The van der Waals surface area contributed by atoms with Crippen molar-refractivity contribution in [3.05, 3.63) is 47.9 Å². The summed E-state index contributed by atoms with van der Waals surface area (Å²) in [5, 5.41) is 9.05. The lowest BCUT2D eigenvalue weighted by Crippen LogP contribution is -2.40. The van der Waals surface area contributed by atoms with Crippen molar-refractivity contribution < 1.29 is 19.4 Å². The highest BCUT2D eigenvalue weighted by Crippen LogP contribution is 2.26. The number of amides is 1. The largest absolute Gasteiger partial charge is 0.478 e. The number of aromatic carboxylic acids is 1. The zero-order valence-corrected chi connectivity index (χ0v) is 15.3. The smallest absolute Gasteiger partial charge is 0.335 e. The Labute approximate surface area is 158 Å². The molecule has 27 heavy (non-hydrogen) atoms. The molecule has 1 aromatic carbocycles. The number of benzene rings is 1. The van der Waals surface area contributed by atoms with Gasteiger partial charge in [-0.15, -0.1) is 0 Å². The zero-order chi connectivity index (χ0) is 19.2. The van der Waals surface area contributed by atoms with Gasteiger partial charge in [-0.1, -0.05) is 12.1 Å². The van der Waals surface area contributed by atoms with E-state index in [1.807, 2.05) is 4.90 Å². The average Bonchev–Trinajstić information content (AvgIpc) is 2.69. The minimum Gasteiger partial charge on any atom is -0.478 e. The van der Waals surface area contributed by atoms with E-state index in [9.17, 15) is 9.59 Å². The fourth-order valence-electron chi connectivity index (χ4n) is 3.40. The predicted octanol–water partition coefficient (Wildman–Crippen LogP) is 2.27. The van der Waals surface area contributed by atoms with Crippen molar-refractivity contribution in [1.82, 2.24) is 14.9 Å². The third kappa shape index (κ3) is 4.68. The van der Waals surface area contributed by atoms with Crippen LogP contribution in [0.4, 0.5) is 0 Å². The molecule has 7 heteroatoms. The number of likely N-dealkylation sites (tertiary alicyclic amines) is 1. The zero-order valence-electron chi connectivity index (χ0n) is 15.3. The number of aromatic nitrogens is 2. The van der Waals surface area contributed by atoms with E-state index in [0.717, 1.165) is 49.3 Å². The maximum Gasteiger partial charge on any atom is 0.335 e. The summed E-state index contributed by atoms with van der Waals surface area (Å²) < 4.78 is 4.92. The van der Waals surface area contributed by atoms with Gasteiger partial charge in [0.2, 0.25) is 5.91 Å². The summed E-state index contributed by atoms with van der Waals surface area (Å²) in [5.74, 6) is -0.476. The second kappa shape index (κ2) is 8.73. The molecule has 142 valence electrons. The fourth-order valence-corrected chi connectivity index (χ4v) is 3.40. The van der Waals surface area contributed by atoms with Crippen LogP contribution in [0.2, 0.25) is 0 Å². The van der Waals surface area contributed by atoms with Gasteiger partial charge in [-0.2, -0.15) is 0 Å². The molecule has 2 heterocycles. The van der Waals surface area contributed by atoms with Crippen molar-refractivity contribution in [3.63, 3.8) is 0 Å².